The topological polar surface area (TPSA) is 46.5 Å². The predicted molar refractivity (Wildman–Crippen MR) is 47.4 cm³/mol. The van der Waals surface area contributed by atoms with Crippen LogP contribution in [0.15, 0.2) is 30.0 Å². The van der Waals surface area contributed by atoms with Gasteiger partial charge in [0.1, 0.15) is 5.69 Å². The van der Waals surface area contributed by atoms with Crippen LogP contribution < -0.4 is 0 Å². The molecule has 0 N–H and O–H groups in total. The molecule has 0 saturated carbocycles. The summed E-state index contributed by atoms with van der Waals surface area (Å²) < 4.78 is 0. The van der Waals surface area contributed by atoms with Crippen LogP contribution in [0.3, 0.4) is 0 Å². The number of benzene rings is 1. The Morgan fingerprint density at radius 2 is 2.17 bits per heavy atom. The molecular formula is C9H7NO2. The highest BCUT2D eigenvalue weighted by Gasteiger charge is 2.00. The summed E-state index contributed by atoms with van der Waals surface area (Å²) in [6, 6.07) is 4.76. The summed E-state index contributed by atoms with van der Waals surface area (Å²) >= 11 is 0. The van der Waals surface area contributed by atoms with E-state index in [1.807, 2.05) is 0 Å². The molecule has 12 heavy (non-hydrogen) atoms. The molecule has 0 bridgehead atoms. The molecule has 1 aromatic rings. The third kappa shape index (κ3) is 1.45. The van der Waals surface area contributed by atoms with Crippen LogP contribution in [0.1, 0.15) is 15.9 Å². The van der Waals surface area contributed by atoms with E-state index in [1.165, 1.54) is 6.07 Å². The van der Waals surface area contributed by atoms with Crippen molar-refractivity contribution in [1.82, 2.24) is 0 Å². The maximum atomic E-state index is 10.4. The van der Waals surface area contributed by atoms with E-state index in [1.54, 1.807) is 18.2 Å². The monoisotopic (exact) mass is 161 g/mol. The van der Waals surface area contributed by atoms with Gasteiger partial charge in [-0.2, -0.15) is 0 Å². The molecule has 1 aromatic carbocycles. The van der Waals surface area contributed by atoms with Gasteiger partial charge in [-0.1, -0.05) is 18.7 Å². The van der Waals surface area contributed by atoms with Crippen molar-refractivity contribution in [3.8, 4) is 0 Å². The van der Waals surface area contributed by atoms with Crippen molar-refractivity contribution in [2.75, 3.05) is 0 Å². The number of carbonyl (C=O) groups excluding carboxylic acids is 1. The molecule has 3 nitrogen and oxygen atoms in total. The minimum absolute atomic E-state index is 0.155. The van der Waals surface area contributed by atoms with Gasteiger partial charge in [-0.25, -0.2) is 0 Å². The van der Waals surface area contributed by atoms with Gasteiger partial charge in [0, 0.05) is 5.56 Å². The normalized spacial score (nSPS) is 9.00. The summed E-state index contributed by atoms with van der Waals surface area (Å²) in [5, 5.41) is 2.72. The maximum Gasteiger partial charge on any atom is 0.152 e. The van der Waals surface area contributed by atoms with Gasteiger partial charge in [0.15, 0.2) is 6.29 Å². The van der Waals surface area contributed by atoms with Crippen molar-refractivity contribution in [1.29, 1.82) is 0 Å². The summed E-state index contributed by atoms with van der Waals surface area (Å²) in [6.45, 7) is 3.53. The van der Waals surface area contributed by atoms with E-state index in [-0.39, 0.29) is 5.69 Å². The van der Waals surface area contributed by atoms with E-state index in [9.17, 15) is 9.70 Å². The highest BCUT2D eigenvalue weighted by atomic mass is 16.3. The third-order valence-corrected chi connectivity index (χ3v) is 1.52. The smallest absolute Gasteiger partial charge is 0.152 e. The highest BCUT2D eigenvalue weighted by Crippen LogP contribution is 2.19. The molecule has 0 amide bonds. The first-order valence-corrected chi connectivity index (χ1v) is 3.37. The average Bonchev–Trinajstić information content (AvgIpc) is 2.16. The molecule has 0 saturated heterocycles. The van der Waals surface area contributed by atoms with Crippen molar-refractivity contribution in [3.05, 3.63) is 40.8 Å². The van der Waals surface area contributed by atoms with Crippen LogP contribution in [0.25, 0.3) is 6.08 Å². The first-order chi connectivity index (χ1) is 5.81. The third-order valence-electron chi connectivity index (χ3n) is 1.52. The second-order valence-electron chi connectivity index (χ2n) is 2.23. The van der Waals surface area contributed by atoms with Gasteiger partial charge in [0.25, 0.3) is 0 Å². The molecule has 0 aliphatic carbocycles. The number of aldehydes is 1. The van der Waals surface area contributed by atoms with Gasteiger partial charge >= 0.3 is 0 Å². The maximum absolute atomic E-state index is 10.4. The Kier molecular flexibility index (Phi) is 2.48. The second-order valence-corrected chi connectivity index (χ2v) is 2.23. The minimum atomic E-state index is 0.155. The van der Waals surface area contributed by atoms with E-state index in [0.29, 0.717) is 11.8 Å². The number of carbonyl (C=O) groups is 1. The van der Waals surface area contributed by atoms with E-state index in [2.05, 4.69) is 11.8 Å². The van der Waals surface area contributed by atoms with Crippen molar-refractivity contribution in [3.63, 3.8) is 0 Å². The largest absolute Gasteiger partial charge is 0.298 e. The van der Waals surface area contributed by atoms with Gasteiger partial charge in [-0.3, -0.25) is 4.79 Å². The van der Waals surface area contributed by atoms with Gasteiger partial charge in [-0.05, 0) is 22.9 Å². The van der Waals surface area contributed by atoms with Crippen LogP contribution >= 0.6 is 0 Å². The molecule has 60 valence electrons. The number of hydrogen-bond acceptors (Lipinski definition) is 3. The molecular weight excluding hydrogens is 154 g/mol. The minimum Gasteiger partial charge on any atom is -0.298 e. The van der Waals surface area contributed by atoms with Crippen LogP contribution in [0.5, 0.6) is 0 Å². The van der Waals surface area contributed by atoms with E-state index >= 15 is 0 Å². The first kappa shape index (κ1) is 8.33. The fraction of sp³-hybridized carbons (Fsp3) is 0. The Labute approximate surface area is 69.7 Å². The molecule has 0 atom stereocenters. The number of rotatable bonds is 3. The zero-order valence-electron chi connectivity index (χ0n) is 6.36. The Hall–Kier alpha value is -1.77. The molecule has 0 aromatic heterocycles. The van der Waals surface area contributed by atoms with Crippen molar-refractivity contribution >= 4 is 18.0 Å². The predicted octanol–water partition coefficient (Wildman–Crippen LogP) is 2.54. The van der Waals surface area contributed by atoms with E-state index < -0.39 is 0 Å². The Morgan fingerprint density at radius 3 is 2.67 bits per heavy atom. The SMILES string of the molecule is C=Cc1ccc(C=O)c(N=O)c1. The quantitative estimate of drug-likeness (QED) is 0.505. The number of nitroso groups, excluding NO2 is 1. The molecule has 0 aliphatic heterocycles. The molecule has 0 radical (unpaired) electrons. The van der Waals surface area contributed by atoms with Gasteiger partial charge in [0.2, 0.25) is 0 Å². The van der Waals surface area contributed by atoms with Gasteiger partial charge in [0.05, 0.1) is 0 Å². The molecule has 1 rings (SSSR count). The number of nitrogens with zero attached hydrogens (tertiary/aromatic N) is 1. The van der Waals surface area contributed by atoms with Crippen LogP contribution in [0.2, 0.25) is 0 Å². The average molecular weight is 161 g/mol. The summed E-state index contributed by atoms with van der Waals surface area (Å²) in [4.78, 5) is 20.6. The first-order valence-electron chi connectivity index (χ1n) is 3.37. The Morgan fingerprint density at radius 1 is 1.42 bits per heavy atom. The summed E-state index contributed by atoms with van der Waals surface area (Å²) in [5.41, 5.74) is 1.23. The van der Waals surface area contributed by atoms with Crippen LogP contribution in [0, 0.1) is 4.91 Å². The van der Waals surface area contributed by atoms with Crippen LogP contribution in [-0.2, 0) is 0 Å². The summed E-state index contributed by atoms with van der Waals surface area (Å²) in [5.74, 6) is 0. The fourth-order valence-electron chi connectivity index (χ4n) is 0.866. The summed E-state index contributed by atoms with van der Waals surface area (Å²) in [7, 11) is 0. The lowest BCUT2D eigenvalue weighted by Gasteiger charge is -1.96. The lowest BCUT2D eigenvalue weighted by Crippen LogP contribution is -1.81. The zero-order chi connectivity index (χ0) is 8.97. The van der Waals surface area contributed by atoms with Crippen molar-refractivity contribution in [2.24, 2.45) is 5.18 Å². The Bertz CT molecular complexity index is 331. The number of hydrogen-bond donors (Lipinski definition) is 0. The van der Waals surface area contributed by atoms with Gasteiger partial charge < -0.3 is 0 Å². The Balaban J connectivity index is 3.27. The van der Waals surface area contributed by atoms with Crippen LogP contribution in [0.4, 0.5) is 5.69 Å². The van der Waals surface area contributed by atoms with Gasteiger partial charge in [-0.15, -0.1) is 4.91 Å². The second kappa shape index (κ2) is 3.57. The molecule has 0 aliphatic rings. The van der Waals surface area contributed by atoms with Crippen LogP contribution in [-0.4, -0.2) is 6.29 Å². The van der Waals surface area contributed by atoms with Crippen molar-refractivity contribution < 1.29 is 4.79 Å². The molecule has 0 heterocycles. The zero-order valence-corrected chi connectivity index (χ0v) is 6.36. The lowest BCUT2D eigenvalue weighted by atomic mass is 10.1. The standard InChI is InChI=1S/C9H7NO2/c1-2-7-3-4-8(6-11)9(5-7)10-12/h2-6H,1H2. The van der Waals surface area contributed by atoms with Crippen molar-refractivity contribution in [2.45, 2.75) is 0 Å². The van der Waals surface area contributed by atoms with E-state index in [0.717, 1.165) is 5.56 Å². The highest BCUT2D eigenvalue weighted by molar-refractivity contribution is 5.83. The molecule has 0 spiro atoms. The van der Waals surface area contributed by atoms with E-state index in [4.69, 9.17) is 0 Å². The lowest BCUT2D eigenvalue weighted by molar-refractivity contribution is 0.112. The molecule has 0 fully saturated rings. The fourth-order valence-corrected chi connectivity index (χ4v) is 0.866. The summed E-state index contributed by atoms with van der Waals surface area (Å²) in [6.07, 6.45) is 2.19. The molecule has 0 unspecified atom stereocenters. The molecule has 3 heteroatoms.